The van der Waals surface area contributed by atoms with Gasteiger partial charge < -0.3 is 14.8 Å². The first-order valence-corrected chi connectivity index (χ1v) is 14.8. The fraction of sp³-hybridized carbons (Fsp3) is 0.100. The lowest BCUT2D eigenvalue weighted by molar-refractivity contribution is -0.119. The molecule has 0 saturated carbocycles. The molecule has 2 amide bonds. The van der Waals surface area contributed by atoms with Gasteiger partial charge in [-0.2, -0.15) is 5.10 Å². The van der Waals surface area contributed by atoms with Crippen LogP contribution >= 0.6 is 11.6 Å². The van der Waals surface area contributed by atoms with E-state index in [4.69, 9.17) is 21.1 Å². The lowest BCUT2D eigenvalue weighted by Gasteiger charge is -2.21. The Balaban J connectivity index is 1.27. The van der Waals surface area contributed by atoms with Crippen molar-refractivity contribution in [1.29, 1.82) is 0 Å². The summed E-state index contributed by atoms with van der Waals surface area (Å²) < 4.78 is 37.0. The van der Waals surface area contributed by atoms with Gasteiger partial charge in [-0.3, -0.25) is 13.9 Å². The van der Waals surface area contributed by atoms with Crippen molar-refractivity contribution in [1.82, 2.24) is 5.43 Å². The molecule has 0 bridgehead atoms. The number of amides is 2. The summed E-state index contributed by atoms with van der Waals surface area (Å²) in [5.41, 5.74) is 3.76. The Morgan fingerprint density at radius 2 is 1.45 bits per heavy atom. The molecule has 0 saturated heterocycles. The van der Waals surface area contributed by atoms with Crippen LogP contribution in [0.5, 0.6) is 17.2 Å². The van der Waals surface area contributed by atoms with Gasteiger partial charge in [0.1, 0.15) is 23.8 Å². The third-order valence-electron chi connectivity index (χ3n) is 5.59. The zero-order valence-electron chi connectivity index (χ0n) is 22.4. The van der Waals surface area contributed by atoms with E-state index in [1.807, 2.05) is 18.2 Å². The lowest BCUT2D eigenvalue weighted by Crippen LogP contribution is -2.38. The molecule has 42 heavy (non-hydrogen) atoms. The standard InChI is InChI=1S/C30H27ClN4O6S/c1-42(38,39)35(23-13-17-26(18-14-23)41-25-7-3-2-4-8-25)20-29(36)34-32-19-22-11-15-24(16-12-22)40-21-30(37)33-28-10-6-5-9-27(28)31/h2-19H,20-21H2,1H3,(H,33,37)(H,34,36)/b32-19-. The molecule has 0 fully saturated rings. The Morgan fingerprint density at radius 3 is 2.12 bits per heavy atom. The number of nitrogens with one attached hydrogen (secondary N) is 2. The Kier molecular flexibility index (Phi) is 10.1. The van der Waals surface area contributed by atoms with E-state index in [0.29, 0.717) is 39.2 Å². The van der Waals surface area contributed by atoms with Crippen LogP contribution in [0, 0.1) is 0 Å². The zero-order chi connectivity index (χ0) is 30.0. The molecule has 0 aliphatic carbocycles. The summed E-state index contributed by atoms with van der Waals surface area (Å²) in [5.74, 6) is 0.613. The maximum atomic E-state index is 12.5. The maximum absolute atomic E-state index is 12.5. The molecular weight excluding hydrogens is 580 g/mol. The van der Waals surface area contributed by atoms with Crippen LogP contribution < -0.4 is 24.5 Å². The highest BCUT2D eigenvalue weighted by atomic mass is 35.5. The normalized spacial score (nSPS) is 11.1. The van der Waals surface area contributed by atoms with Crippen LogP contribution in [0.25, 0.3) is 0 Å². The second kappa shape index (κ2) is 14.2. The van der Waals surface area contributed by atoms with E-state index in [2.05, 4.69) is 15.8 Å². The molecule has 216 valence electrons. The van der Waals surface area contributed by atoms with Crippen LogP contribution in [-0.2, 0) is 19.6 Å². The second-order valence-corrected chi connectivity index (χ2v) is 11.2. The average molecular weight is 607 g/mol. The molecule has 4 rings (SSSR count). The van der Waals surface area contributed by atoms with E-state index in [0.717, 1.165) is 10.6 Å². The first kappa shape index (κ1) is 30.1. The quantitative estimate of drug-likeness (QED) is 0.171. The summed E-state index contributed by atoms with van der Waals surface area (Å²) >= 11 is 6.04. The number of nitrogens with zero attached hydrogens (tertiary/aromatic N) is 2. The van der Waals surface area contributed by atoms with E-state index in [1.165, 1.54) is 6.21 Å². The van der Waals surface area contributed by atoms with Crippen molar-refractivity contribution in [2.75, 3.05) is 29.0 Å². The summed E-state index contributed by atoms with van der Waals surface area (Å²) in [6, 6.07) is 29.0. The molecule has 0 heterocycles. The minimum Gasteiger partial charge on any atom is -0.484 e. The highest BCUT2D eigenvalue weighted by Gasteiger charge is 2.21. The summed E-state index contributed by atoms with van der Waals surface area (Å²) in [4.78, 5) is 24.6. The lowest BCUT2D eigenvalue weighted by atomic mass is 10.2. The first-order chi connectivity index (χ1) is 20.2. The second-order valence-electron chi connectivity index (χ2n) is 8.86. The van der Waals surface area contributed by atoms with Crippen molar-refractivity contribution in [2.24, 2.45) is 5.10 Å². The highest BCUT2D eigenvalue weighted by Crippen LogP contribution is 2.25. The number of rotatable bonds is 12. The minimum atomic E-state index is -3.77. The molecule has 0 aromatic heterocycles. The number of carbonyl (C=O) groups is 2. The topological polar surface area (TPSA) is 126 Å². The molecule has 0 aliphatic rings. The fourth-order valence-corrected chi connectivity index (χ4v) is 4.64. The number of hydrogen-bond donors (Lipinski definition) is 2. The van der Waals surface area contributed by atoms with Gasteiger partial charge in [0.05, 0.1) is 28.9 Å². The van der Waals surface area contributed by atoms with Gasteiger partial charge in [0.2, 0.25) is 10.0 Å². The molecule has 12 heteroatoms. The Hall–Kier alpha value is -4.87. The number of anilines is 2. The van der Waals surface area contributed by atoms with Gasteiger partial charge in [-0.15, -0.1) is 0 Å². The Labute approximate surface area is 248 Å². The van der Waals surface area contributed by atoms with E-state index in [1.54, 1.807) is 84.9 Å². The molecular formula is C30H27ClN4O6S. The fourth-order valence-electron chi connectivity index (χ4n) is 3.60. The highest BCUT2D eigenvalue weighted by molar-refractivity contribution is 7.92. The van der Waals surface area contributed by atoms with Gasteiger partial charge in [0.25, 0.3) is 11.8 Å². The molecule has 0 atom stereocenters. The van der Waals surface area contributed by atoms with Crippen LogP contribution in [0.15, 0.2) is 108 Å². The Bertz CT molecular complexity index is 1650. The average Bonchev–Trinajstić information content (AvgIpc) is 2.97. The van der Waals surface area contributed by atoms with E-state index in [-0.39, 0.29) is 12.5 Å². The Morgan fingerprint density at radius 1 is 0.833 bits per heavy atom. The van der Waals surface area contributed by atoms with Crippen molar-refractivity contribution in [3.8, 4) is 17.2 Å². The summed E-state index contributed by atoms with van der Waals surface area (Å²) in [6.07, 6.45) is 2.41. The van der Waals surface area contributed by atoms with E-state index in [9.17, 15) is 18.0 Å². The molecule has 0 radical (unpaired) electrons. The number of hydrogen-bond acceptors (Lipinski definition) is 7. The minimum absolute atomic E-state index is 0.214. The molecule has 0 unspecified atom stereocenters. The van der Waals surface area contributed by atoms with E-state index < -0.39 is 22.5 Å². The number of para-hydroxylation sites is 2. The van der Waals surface area contributed by atoms with Gasteiger partial charge in [0.15, 0.2) is 6.61 Å². The van der Waals surface area contributed by atoms with Gasteiger partial charge in [-0.25, -0.2) is 13.8 Å². The third kappa shape index (κ3) is 9.08. The third-order valence-corrected chi connectivity index (χ3v) is 7.06. The molecule has 4 aromatic rings. The van der Waals surface area contributed by atoms with Gasteiger partial charge in [0, 0.05) is 0 Å². The number of carbonyl (C=O) groups excluding carboxylic acids is 2. The van der Waals surface area contributed by atoms with Crippen LogP contribution in [0.4, 0.5) is 11.4 Å². The summed E-state index contributed by atoms with van der Waals surface area (Å²) in [6.45, 7) is -0.688. The monoisotopic (exact) mass is 606 g/mol. The van der Waals surface area contributed by atoms with Crippen molar-refractivity contribution in [3.05, 3.63) is 114 Å². The number of benzene rings is 4. The van der Waals surface area contributed by atoms with Crippen molar-refractivity contribution < 1.29 is 27.5 Å². The van der Waals surface area contributed by atoms with Crippen LogP contribution in [-0.4, -0.2) is 45.9 Å². The molecule has 10 nitrogen and oxygen atoms in total. The molecule has 0 aliphatic heterocycles. The number of ether oxygens (including phenoxy) is 2. The largest absolute Gasteiger partial charge is 0.484 e. The van der Waals surface area contributed by atoms with Crippen LogP contribution in [0.1, 0.15) is 5.56 Å². The molecule has 0 spiro atoms. The molecule has 4 aromatic carbocycles. The van der Waals surface area contributed by atoms with E-state index >= 15 is 0 Å². The first-order valence-electron chi connectivity index (χ1n) is 12.6. The molecule has 2 N–H and O–H groups in total. The zero-order valence-corrected chi connectivity index (χ0v) is 24.0. The van der Waals surface area contributed by atoms with Crippen LogP contribution in [0.2, 0.25) is 5.02 Å². The van der Waals surface area contributed by atoms with Gasteiger partial charge in [-0.1, -0.05) is 41.9 Å². The SMILES string of the molecule is CS(=O)(=O)N(CC(=O)N/N=C\c1ccc(OCC(=O)Nc2ccccc2Cl)cc1)c1ccc(Oc2ccccc2)cc1. The number of halogens is 1. The van der Waals surface area contributed by atoms with Crippen molar-refractivity contribution in [3.63, 3.8) is 0 Å². The smallest absolute Gasteiger partial charge is 0.262 e. The van der Waals surface area contributed by atoms with Crippen molar-refractivity contribution in [2.45, 2.75) is 0 Å². The number of sulfonamides is 1. The summed E-state index contributed by atoms with van der Waals surface area (Å²) in [5, 5.41) is 7.00. The van der Waals surface area contributed by atoms with Gasteiger partial charge in [-0.05, 0) is 78.4 Å². The maximum Gasteiger partial charge on any atom is 0.262 e. The van der Waals surface area contributed by atoms with Crippen LogP contribution in [0.3, 0.4) is 0 Å². The van der Waals surface area contributed by atoms with Gasteiger partial charge >= 0.3 is 0 Å². The predicted octanol–water partition coefficient (Wildman–Crippen LogP) is 5.07. The van der Waals surface area contributed by atoms with Crippen molar-refractivity contribution >= 4 is 51.0 Å². The predicted molar refractivity (Wildman–Crippen MR) is 163 cm³/mol. The summed E-state index contributed by atoms with van der Waals surface area (Å²) in [7, 11) is -3.77. The number of hydrazone groups is 1.